The van der Waals surface area contributed by atoms with Gasteiger partial charge >= 0.3 is 0 Å². The Labute approximate surface area is 112 Å². The van der Waals surface area contributed by atoms with Crippen LogP contribution in [0.15, 0.2) is 48.8 Å². The number of amides is 1. The molecule has 1 heterocycles. The van der Waals surface area contributed by atoms with Crippen LogP contribution >= 0.6 is 0 Å². The first kappa shape index (κ1) is 13.1. The van der Waals surface area contributed by atoms with Gasteiger partial charge in [0.25, 0.3) is 5.91 Å². The molecule has 4 nitrogen and oxygen atoms in total. The van der Waals surface area contributed by atoms with Crippen molar-refractivity contribution in [2.24, 2.45) is 0 Å². The van der Waals surface area contributed by atoms with E-state index in [9.17, 15) is 10.0 Å². The van der Waals surface area contributed by atoms with E-state index in [0.717, 1.165) is 11.1 Å². The van der Waals surface area contributed by atoms with Crippen LogP contribution in [0.25, 0.3) is 0 Å². The minimum Gasteiger partial charge on any atom is -0.619 e. The number of carbonyl (C=O) groups is 1. The fourth-order valence-corrected chi connectivity index (χ4v) is 1.89. The largest absolute Gasteiger partial charge is 0.619 e. The maximum Gasteiger partial charge on any atom is 0.254 e. The molecule has 98 valence electrons. The summed E-state index contributed by atoms with van der Waals surface area (Å²) < 4.78 is 0.665. The van der Waals surface area contributed by atoms with E-state index >= 15 is 0 Å². The van der Waals surface area contributed by atoms with Gasteiger partial charge in [0.15, 0.2) is 12.4 Å². The Kier molecular flexibility index (Phi) is 3.80. The van der Waals surface area contributed by atoms with Crippen LogP contribution < -0.4 is 4.73 Å². The number of carbonyl (C=O) groups excluding carboxylic acids is 1. The first-order valence-electron chi connectivity index (χ1n) is 6.07. The summed E-state index contributed by atoms with van der Waals surface area (Å²) in [6.45, 7) is 2.58. The van der Waals surface area contributed by atoms with Crippen LogP contribution in [-0.2, 0) is 6.54 Å². The van der Waals surface area contributed by atoms with Gasteiger partial charge in [0.1, 0.15) is 0 Å². The third-order valence-corrected chi connectivity index (χ3v) is 3.06. The first-order chi connectivity index (χ1) is 9.08. The molecule has 4 heteroatoms. The van der Waals surface area contributed by atoms with E-state index in [2.05, 4.69) is 0 Å². The molecular formula is C15H16N2O2. The van der Waals surface area contributed by atoms with Crippen LogP contribution in [0.5, 0.6) is 0 Å². The van der Waals surface area contributed by atoms with E-state index in [1.165, 1.54) is 24.5 Å². The zero-order chi connectivity index (χ0) is 13.8. The molecule has 0 radical (unpaired) electrons. The highest BCUT2D eigenvalue weighted by molar-refractivity contribution is 5.93. The van der Waals surface area contributed by atoms with Crippen molar-refractivity contribution in [2.75, 3.05) is 7.05 Å². The van der Waals surface area contributed by atoms with Crippen molar-refractivity contribution in [1.82, 2.24) is 4.90 Å². The number of aromatic nitrogens is 1. The highest BCUT2D eigenvalue weighted by Crippen LogP contribution is 2.11. The number of pyridine rings is 1. The lowest BCUT2D eigenvalue weighted by Gasteiger charge is -2.18. The summed E-state index contributed by atoms with van der Waals surface area (Å²) in [5.41, 5.74) is 2.80. The van der Waals surface area contributed by atoms with E-state index in [-0.39, 0.29) is 5.91 Å². The summed E-state index contributed by atoms with van der Waals surface area (Å²) in [4.78, 5) is 13.8. The number of aryl methyl sites for hydroxylation is 1. The molecule has 0 aliphatic carbocycles. The number of rotatable bonds is 3. The summed E-state index contributed by atoms with van der Waals surface area (Å²) in [6, 6.07) is 11.0. The van der Waals surface area contributed by atoms with E-state index in [0.29, 0.717) is 16.8 Å². The zero-order valence-corrected chi connectivity index (χ0v) is 11.0. The molecule has 1 aromatic carbocycles. The maximum absolute atomic E-state index is 12.2. The Morgan fingerprint density at radius 1 is 1.21 bits per heavy atom. The van der Waals surface area contributed by atoms with E-state index in [1.54, 1.807) is 11.9 Å². The van der Waals surface area contributed by atoms with Gasteiger partial charge in [0, 0.05) is 25.7 Å². The monoisotopic (exact) mass is 256 g/mol. The SMILES string of the molecule is Cc1ccccc1CN(C)C(=O)c1cc[n+]([O-])cc1. The summed E-state index contributed by atoms with van der Waals surface area (Å²) in [5.74, 6) is -0.0937. The van der Waals surface area contributed by atoms with Crippen molar-refractivity contribution in [1.29, 1.82) is 0 Å². The molecule has 2 rings (SSSR count). The second kappa shape index (κ2) is 5.52. The molecular weight excluding hydrogens is 240 g/mol. The van der Waals surface area contributed by atoms with Gasteiger partial charge in [-0.3, -0.25) is 4.79 Å². The fraction of sp³-hybridized carbons (Fsp3) is 0.200. The normalized spacial score (nSPS) is 10.2. The van der Waals surface area contributed by atoms with Crippen molar-refractivity contribution in [3.63, 3.8) is 0 Å². The van der Waals surface area contributed by atoms with Gasteiger partial charge in [-0.25, -0.2) is 0 Å². The molecule has 1 aromatic heterocycles. The van der Waals surface area contributed by atoms with Gasteiger partial charge in [-0.2, -0.15) is 4.73 Å². The van der Waals surface area contributed by atoms with Gasteiger partial charge in [0.2, 0.25) is 0 Å². The predicted molar refractivity (Wildman–Crippen MR) is 72.4 cm³/mol. The van der Waals surface area contributed by atoms with Crippen LogP contribution in [0.2, 0.25) is 0 Å². The Morgan fingerprint density at radius 2 is 1.84 bits per heavy atom. The Hall–Kier alpha value is -2.36. The highest BCUT2D eigenvalue weighted by atomic mass is 16.5. The van der Waals surface area contributed by atoms with Crippen molar-refractivity contribution in [3.8, 4) is 0 Å². The Morgan fingerprint density at radius 3 is 2.47 bits per heavy atom. The van der Waals surface area contributed by atoms with Crippen LogP contribution in [0, 0.1) is 12.1 Å². The molecule has 0 aliphatic heterocycles. The van der Waals surface area contributed by atoms with Crippen molar-refractivity contribution >= 4 is 5.91 Å². The maximum atomic E-state index is 12.2. The smallest absolute Gasteiger partial charge is 0.254 e. The molecule has 0 spiro atoms. The number of hydrogen-bond donors (Lipinski definition) is 0. The van der Waals surface area contributed by atoms with Crippen LogP contribution in [0.3, 0.4) is 0 Å². The molecule has 0 saturated heterocycles. The lowest BCUT2D eigenvalue weighted by Crippen LogP contribution is -2.29. The molecule has 0 saturated carbocycles. The molecule has 2 aromatic rings. The number of nitrogens with zero attached hydrogens (tertiary/aromatic N) is 2. The second-order valence-corrected chi connectivity index (χ2v) is 4.53. The summed E-state index contributed by atoms with van der Waals surface area (Å²) >= 11 is 0. The fourth-order valence-electron chi connectivity index (χ4n) is 1.89. The molecule has 1 amide bonds. The summed E-state index contributed by atoms with van der Waals surface area (Å²) in [6.07, 6.45) is 2.66. The van der Waals surface area contributed by atoms with Crippen LogP contribution in [-0.4, -0.2) is 17.9 Å². The third-order valence-electron chi connectivity index (χ3n) is 3.06. The minimum absolute atomic E-state index is 0.0937. The topological polar surface area (TPSA) is 47.2 Å². The standard InChI is InChI=1S/C15H16N2O2/c1-12-5-3-4-6-14(12)11-16(2)15(18)13-7-9-17(19)10-8-13/h3-10H,11H2,1-2H3. The molecule has 0 bridgehead atoms. The highest BCUT2D eigenvalue weighted by Gasteiger charge is 2.13. The lowest BCUT2D eigenvalue weighted by molar-refractivity contribution is -0.605. The lowest BCUT2D eigenvalue weighted by atomic mass is 10.1. The Bertz CT molecular complexity index is 579. The molecule has 19 heavy (non-hydrogen) atoms. The molecule has 0 unspecified atom stereocenters. The van der Waals surface area contributed by atoms with Crippen molar-refractivity contribution in [3.05, 3.63) is 70.7 Å². The van der Waals surface area contributed by atoms with Crippen LogP contribution in [0.1, 0.15) is 21.5 Å². The quantitative estimate of drug-likeness (QED) is 0.622. The van der Waals surface area contributed by atoms with E-state index in [1.807, 2.05) is 31.2 Å². The van der Waals surface area contributed by atoms with Gasteiger partial charge in [-0.15, -0.1) is 0 Å². The summed E-state index contributed by atoms with van der Waals surface area (Å²) in [5, 5.41) is 10.9. The Balaban J connectivity index is 2.12. The molecule has 0 atom stereocenters. The summed E-state index contributed by atoms with van der Waals surface area (Å²) in [7, 11) is 1.76. The molecule has 0 N–H and O–H groups in total. The van der Waals surface area contributed by atoms with Crippen LogP contribution in [0.4, 0.5) is 0 Å². The van der Waals surface area contributed by atoms with Gasteiger partial charge in [0.05, 0.1) is 5.56 Å². The van der Waals surface area contributed by atoms with Gasteiger partial charge in [-0.05, 0) is 18.1 Å². The minimum atomic E-state index is -0.0937. The van der Waals surface area contributed by atoms with Crippen molar-refractivity contribution < 1.29 is 9.52 Å². The van der Waals surface area contributed by atoms with E-state index < -0.39 is 0 Å². The number of hydrogen-bond acceptors (Lipinski definition) is 2. The molecule has 0 aliphatic rings. The first-order valence-corrected chi connectivity index (χ1v) is 6.07. The molecule has 0 fully saturated rings. The number of benzene rings is 1. The average molecular weight is 256 g/mol. The van der Waals surface area contributed by atoms with E-state index in [4.69, 9.17) is 0 Å². The van der Waals surface area contributed by atoms with Crippen molar-refractivity contribution in [2.45, 2.75) is 13.5 Å². The third kappa shape index (κ3) is 3.10. The average Bonchev–Trinajstić information content (AvgIpc) is 2.41. The zero-order valence-electron chi connectivity index (χ0n) is 11.0. The second-order valence-electron chi connectivity index (χ2n) is 4.53. The van der Waals surface area contributed by atoms with Gasteiger partial charge in [-0.1, -0.05) is 24.3 Å². The van der Waals surface area contributed by atoms with Gasteiger partial charge < -0.3 is 10.1 Å². The predicted octanol–water partition coefficient (Wildman–Crippen LogP) is 1.90.